The minimum Gasteiger partial charge on any atom is -0.497 e. The largest absolute Gasteiger partial charge is 0.497 e. The molecule has 0 N–H and O–H groups in total. The second-order valence-electron chi connectivity index (χ2n) is 9.00. The highest BCUT2D eigenvalue weighted by atomic mass is 16.5. The van der Waals surface area contributed by atoms with Gasteiger partial charge in [-0.1, -0.05) is 38.5 Å². The van der Waals surface area contributed by atoms with Crippen LogP contribution in [0.3, 0.4) is 0 Å². The Morgan fingerprint density at radius 2 is 0.906 bits per heavy atom. The molecule has 0 aliphatic heterocycles. The monoisotopic (exact) mass is 432 g/mol. The summed E-state index contributed by atoms with van der Waals surface area (Å²) in [6.07, 6.45) is 12.4. The van der Waals surface area contributed by atoms with Gasteiger partial charge in [0.25, 0.3) is 0 Å². The Balaban J connectivity index is 1.79. The van der Waals surface area contributed by atoms with Gasteiger partial charge in [0.05, 0.1) is 37.7 Å². The average molecular weight is 433 g/mol. The fourth-order valence-corrected chi connectivity index (χ4v) is 4.83. The van der Waals surface area contributed by atoms with Crippen LogP contribution in [0.2, 0.25) is 0 Å². The molecule has 2 aromatic rings. The average Bonchev–Trinajstić information content (AvgIpc) is 2.87. The van der Waals surface area contributed by atoms with E-state index in [2.05, 4.69) is 24.3 Å². The number of hydrogen-bond acceptors (Lipinski definition) is 4. The van der Waals surface area contributed by atoms with E-state index in [0.29, 0.717) is 12.1 Å². The maximum absolute atomic E-state index is 5.41. The first kappa shape index (κ1) is 22.6. The molecule has 4 heteroatoms. The third-order valence-corrected chi connectivity index (χ3v) is 6.72. The van der Waals surface area contributed by atoms with Crippen molar-refractivity contribution in [1.82, 2.24) is 0 Å². The van der Waals surface area contributed by atoms with Crippen LogP contribution in [0, 0.1) is 0 Å². The highest BCUT2D eigenvalue weighted by molar-refractivity contribution is 6.53. The second kappa shape index (κ2) is 11.3. The maximum atomic E-state index is 5.41. The SMILES string of the molecule is COc1ccc(C(=NC2CCCCC2)C(=NC2CCCCC2)c2ccc(OC)cc2)cc1. The first-order valence-corrected chi connectivity index (χ1v) is 12.2. The first-order valence-electron chi connectivity index (χ1n) is 12.2. The van der Waals surface area contributed by atoms with E-state index >= 15 is 0 Å². The summed E-state index contributed by atoms with van der Waals surface area (Å²) in [6, 6.07) is 17.3. The quantitative estimate of drug-likeness (QED) is 0.460. The lowest BCUT2D eigenvalue weighted by Crippen LogP contribution is -2.24. The summed E-state index contributed by atoms with van der Waals surface area (Å²) >= 11 is 0. The van der Waals surface area contributed by atoms with E-state index in [1.807, 2.05) is 24.3 Å². The van der Waals surface area contributed by atoms with Gasteiger partial charge < -0.3 is 9.47 Å². The minimum atomic E-state index is 0.371. The molecule has 4 rings (SSSR count). The lowest BCUT2D eigenvalue weighted by Gasteiger charge is -2.23. The molecular formula is C28H36N2O2. The predicted molar refractivity (Wildman–Crippen MR) is 133 cm³/mol. The zero-order chi connectivity index (χ0) is 22.2. The molecule has 2 aliphatic carbocycles. The zero-order valence-corrected chi connectivity index (χ0v) is 19.6. The van der Waals surface area contributed by atoms with Crippen molar-refractivity contribution >= 4 is 11.4 Å². The Hall–Kier alpha value is -2.62. The molecule has 0 radical (unpaired) electrons. The van der Waals surface area contributed by atoms with Crippen LogP contribution in [0.1, 0.15) is 75.3 Å². The Labute approximate surface area is 192 Å². The van der Waals surface area contributed by atoms with E-state index in [1.165, 1.54) is 64.2 Å². The number of aliphatic imine (C=N–C) groups is 2. The summed E-state index contributed by atoms with van der Waals surface area (Å²) in [6.45, 7) is 0. The van der Waals surface area contributed by atoms with Gasteiger partial charge >= 0.3 is 0 Å². The first-order chi connectivity index (χ1) is 15.8. The molecule has 0 bridgehead atoms. The van der Waals surface area contributed by atoms with Crippen molar-refractivity contribution in [3.8, 4) is 11.5 Å². The van der Waals surface area contributed by atoms with E-state index in [-0.39, 0.29) is 0 Å². The molecule has 4 nitrogen and oxygen atoms in total. The molecule has 2 aromatic carbocycles. The van der Waals surface area contributed by atoms with Gasteiger partial charge in [-0.2, -0.15) is 0 Å². The normalized spacial score (nSPS) is 19.1. The molecule has 170 valence electrons. The van der Waals surface area contributed by atoms with Gasteiger partial charge in [-0.05, 0) is 74.2 Å². The predicted octanol–water partition coefficient (Wildman–Crippen LogP) is 6.65. The second-order valence-corrected chi connectivity index (χ2v) is 9.00. The number of rotatable bonds is 7. The van der Waals surface area contributed by atoms with Crippen LogP contribution in [0.5, 0.6) is 11.5 Å². The molecule has 0 saturated heterocycles. The van der Waals surface area contributed by atoms with Crippen molar-refractivity contribution in [2.75, 3.05) is 14.2 Å². The van der Waals surface area contributed by atoms with Crippen molar-refractivity contribution in [3.63, 3.8) is 0 Å². The smallest absolute Gasteiger partial charge is 0.118 e. The van der Waals surface area contributed by atoms with E-state index in [9.17, 15) is 0 Å². The molecule has 0 spiro atoms. The molecule has 0 atom stereocenters. The summed E-state index contributed by atoms with van der Waals surface area (Å²) < 4.78 is 10.8. The van der Waals surface area contributed by atoms with Crippen molar-refractivity contribution in [1.29, 1.82) is 0 Å². The standard InChI is InChI=1S/C28H36N2O2/c1-31-25-17-13-21(14-18-25)27(29-23-9-5-3-6-10-23)28(30-24-11-7-4-8-12-24)22-15-19-26(32-2)20-16-22/h13-20,23-24H,3-12H2,1-2H3. The summed E-state index contributed by atoms with van der Waals surface area (Å²) in [5.74, 6) is 1.72. The molecule has 2 fully saturated rings. The van der Waals surface area contributed by atoms with Gasteiger partial charge in [0.2, 0.25) is 0 Å². The van der Waals surface area contributed by atoms with Gasteiger partial charge in [0.1, 0.15) is 11.5 Å². The highest BCUT2D eigenvalue weighted by Gasteiger charge is 2.21. The van der Waals surface area contributed by atoms with Crippen molar-refractivity contribution in [3.05, 3.63) is 59.7 Å². The van der Waals surface area contributed by atoms with Crippen LogP contribution in [-0.4, -0.2) is 37.7 Å². The molecule has 0 aromatic heterocycles. The topological polar surface area (TPSA) is 43.2 Å². The van der Waals surface area contributed by atoms with E-state index < -0.39 is 0 Å². The van der Waals surface area contributed by atoms with Crippen LogP contribution < -0.4 is 9.47 Å². The molecule has 0 unspecified atom stereocenters. The fraction of sp³-hybridized carbons (Fsp3) is 0.500. The van der Waals surface area contributed by atoms with Gasteiger partial charge in [-0.15, -0.1) is 0 Å². The van der Waals surface area contributed by atoms with Crippen LogP contribution >= 0.6 is 0 Å². The van der Waals surface area contributed by atoms with Crippen LogP contribution in [0.25, 0.3) is 0 Å². The van der Waals surface area contributed by atoms with Crippen molar-refractivity contribution in [2.24, 2.45) is 9.98 Å². The number of benzene rings is 2. The Bertz CT molecular complexity index is 826. The Morgan fingerprint density at radius 3 is 1.22 bits per heavy atom. The third-order valence-electron chi connectivity index (χ3n) is 6.72. The number of nitrogens with zero attached hydrogens (tertiary/aromatic N) is 2. The molecule has 32 heavy (non-hydrogen) atoms. The maximum Gasteiger partial charge on any atom is 0.118 e. The van der Waals surface area contributed by atoms with Gasteiger partial charge in [0, 0.05) is 11.1 Å². The Morgan fingerprint density at radius 1 is 0.562 bits per heavy atom. The minimum absolute atomic E-state index is 0.371. The van der Waals surface area contributed by atoms with Gasteiger partial charge in [-0.3, -0.25) is 9.98 Å². The molecule has 0 heterocycles. The van der Waals surface area contributed by atoms with Crippen LogP contribution in [-0.2, 0) is 0 Å². The zero-order valence-electron chi connectivity index (χ0n) is 19.6. The number of hydrogen-bond donors (Lipinski definition) is 0. The lowest BCUT2D eigenvalue weighted by molar-refractivity contribution is 0.414. The van der Waals surface area contributed by atoms with Gasteiger partial charge in [-0.25, -0.2) is 0 Å². The van der Waals surface area contributed by atoms with Crippen molar-refractivity contribution < 1.29 is 9.47 Å². The van der Waals surface area contributed by atoms with E-state index in [0.717, 1.165) is 34.0 Å². The third kappa shape index (κ3) is 5.79. The summed E-state index contributed by atoms with van der Waals surface area (Å²) in [4.78, 5) is 10.7. The van der Waals surface area contributed by atoms with Gasteiger partial charge in [0.15, 0.2) is 0 Å². The number of ether oxygens (including phenoxy) is 2. The molecular weight excluding hydrogens is 396 g/mol. The van der Waals surface area contributed by atoms with Crippen molar-refractivity contribution in [2.45, 2.75) is 76.3 Å². The summed E-state index contributed by atoms with van der Waals surface area (Å²) in [5, 5.41) is 0. The molecule has 0 amide bonds. The molecule has 2 saturated carbocycles. The number of methoxy groups -OCH3 is 2. The molecule has 2 aliphatic rings. The summed E-state index contributed by atoms with van der Waals surface area (Å²) in [7, 11) is 3.42. The van der Waals surface area contributed by atoms with Crippen LogP contribution in [0.15, 0.2) is 58.5 Å². The van der Waals surface area contributed by atoms with Crippen LogP contribution in [0.4, 0.5) is 0 Å². The summed E-state index contributed by atoms with van der Waals surface area (Å²) in [5.41, 5.74) is 4.27. The fourth-order valence-electron chi connectivity index (χ4n) is 4.83. The lowest BCUT2D eigenvalue weighted by atomic mass is 9.93. The van der Waals surface area contributed by atoms with E-state index in [1.54, 1.807) is 14.2 Å². The Kier molecular flexibility index (Phi) is 7.97. The highest BCUT2D eigenvalue weighted by Crippen LogP contribution is 2.26. The van der Waals surface area contributed by atoms with E-state index in [4.69, 9.17) is 19.5 Å².